The highest BCUT2D eigenvalue weighted by atomic mass is 35.5. The van der Waals surface area contributed by atoms with Crippen LogP contribution in [0.2, 0.25) is 5.02 Å². The number of fused-ring (bicyclic) bond motifs is 1. The molecule has 1 aromatic heterocycles. The van der Waals surface area contributed by atoms with Gasteiger partial charge < -0.3 is 14.2 Å². The summed E-state index contributed by atoms with van der Waals surface area (Å²) in [6.07, 6.45) is 1.80. The van der Waals surface area contributed by atoms with Crippen LogP contribution in [0.3, 0.4) is 0 Å². The van der Waals surface area contributed by atoms with Gasteiger partial charge in [-0.25, -0.2) is 0 Å². The van der Waals surface area contributed by atoms with Crippen LogP contribution in [-0.2, 0) is 7.05 Å². The summed E-state index contributed by atoms with van der Waals surface area (Å²) in [6.45, 7) is 1.41. The molecular formula is C21H21ClN2O2. The molecule has 0 atom stereocenters. The summed E-state index contributed by atoms with van der Waals surface area (Å²) in [7, 11) is 1.95. The van der Waals surface area contributed by atoms with E-state index in [0.29, 0.717) is 18.1 Å². The van der Waals surface area contributed by atoms with Gasteiger partial charge in [-0.1, -0.05) is 29.8 Å². The van der Waals surface area contributed by atoms with Gasteiger partial charge in [0.05, 0.1) is 0 Å². The van der Waals surface area contributed by atoms with Gasteiger partial charge in [-0.2, -0.15) is 0 Å². The average molecular weight is 369 g/mol. The highest BCUT2D eigenvalue weighted by Crippen LogP contribution is 2.24. The molecule has 134 valence electrons. The molecule has 0 spiro atoms. The Morgan fingerprint density at radius 2 is 1.77 bits per heavy atom. The number of nitrogens with zero attached hydrogens (tertiary/aromatic N) is 2. The van der Waals surface area contributed by atoms with E-state index in [-0.39, 0.29) is 12.0 Å². The SMILES string of the molecule is Cn1c(C(=O)N2CCC(Oc3ccc(Cl)cc3)CC2)cc2ccccc21. The third kappa shape index (κ3) is 3.29. The van der Waals surface area contributed by atoms with Crippen molar-refractivity contribution in [3.05, 3.63) is 65.3 Å². The third-order valence-corrected chi connectivity index (χ3v) is 5.27. The Labute approximate surface area is 157 Å². The van der Waals surface area contributed by atoms with Crippen LogP contribution in [0.15, 0.2) is 54.6 Å². The molecule has 4 nitrogen and oxygen atoms in total. The second kappa shape index (κ2) is 7.04. The molecule has 1 aliphatic rings. The molecule has 0 unspecified atom stereocenters. The first-order valence-electron chi connectivity index (χ1n) is 8.88. The Kier molecular flexibility index (Phi) is 4.60. The van der Waals surface area contributed by atoms with Crippen LogP contribution in [0.4, 0.5) is 0 Å². The van der Waals surface area contributed by atoms with E-state index in [1.54, 1.807) is 0 Å². The van der Waals surface area contributed by atoms with Crippen LogP contribution in [-0.4, -0.2) is 34.6 Å². The molecule has 4 rings (SSSR count). The van der Waals surface area contributed by atoms with Gasteiger partial charge in [0, 0.05) is 48.9 Å². The van der Waals surface area contributed by atoms with E-state index in [9.17, 15) is 4.79 Å². The van der Waals surface area contributed by atoms with E-state index in [4.69, 9.17) is 16.3 Å². The number of halogens is 1. The molecule has 1 saturated heterocycles. The number of carbonyl (C=O) groups is 1. The molecule has 1 fully saturated rings. The smallest absolute Gasteiger partial charge is 0.270 e. The highest BCUT2D eigenvalue weighted by molar-refractivity contribution is 6.30. The largest absolute Gasteiger partial charge is 0.490 e. The van der Waals surface area contributed by atoms with Gasteiger partial charge in [-0.3, -0.25) is 4.79 Å². The molecular weight excluding hydrogens is 348 g/mol. The first-order chi connectivity index (χ1) is 12.6. The minimum atomic E-state index is 0.0913. The molecule has 2 aromatic carbocycles. The van der Waals surface area contributed by atoms with Gasteiger partial charge in [-0.15, -0.1) is 0 Å². The van der Waals surface area contributed by atoms with Crippen molar-refractivity contribution in [2.24, 2.45) is 7.05 Å². The lowest BCUT2D eigenvalue weighted by Gasteiger charge is -2.32. The molecule has 3 aromatic rings. The van der Waals surface area contributed by atoms with Gasteiger partial charge >= 0.3 is 0 Å². The van der Waals surface area contributed by atoms with E-state index < -0.39 is 0 Å². The topological polar surface area (TPSA) is 34.5 Å². The summed E-state index contributed by atoms with van der Waals surface area (Å²) >= 11 is 5.91. The zero-order valence-corrected chi connectivity index (χ0v) is 15.4. The third-order valence-electron chi connectivity index (χ3n) is 5.02. The Balaban J connectivity index is 1.41. The molecule has 0 bridgehead atoms. The number of para-hydroxylation sites is 1. The Morgan fingerprint density at radius 1 is 1.08 bits per heavy atom. The summed E-state index contributed by atoms with van der Waals surface area (Å²) in [5.41, 5.74) is 1.82. The van der Waals surface area contributed by atoms with Gasteiger partial charge in [0.2, 0.25) is 0 Å². The van der Waals surface area contributed by atoms with Gasteiger partial charge in [0.25, 0.3) is 5.91 Å². The number of carbonyl (C=O) groups excluding carboxylic acids is 1. The van der Waals surface area contributed by atoms with Crippen LogP contribution < -0.4 is 4.74 Å². The lowest BCUT2D eigenvalue weighted by atomic mass is 10.1. The fraction of sp³-hybridized carbons (Fsp3) is 0.286. The lowest BCUT2D eigenvalue weighted by molar-refractivity contribution is 0.0587. The van der Waals surface area contributed by atoms with Crippen LogP contribution in [0.1, 0.15) is 23.3 Å². The van der Waals surface area contributed by atoms with Crippen LogP contribution >= 0.6 is 11.6 Å². The number of amides is 1. The van der Waals surface area contributed by atoms with Gasteiger partial charge in [0.1, 0.15) is 17.5 Å². The van der Waals surface area contributed by atoms with Crippen molar-refractivity contribution in [1.82, 2.24) is 9.47 Å². The Bertz CT molecular complexity index is 925. The molecule has 5 heteroatoms. The first-order valence-corrected chi connectivity index (χ1v) is 9.25. The zero-order valence-electron chi connectivity index (χ0n) is 14.7. The quantitative estimate of drug-likeness (QED) is 0.681. The van der Waals surface area contributed by atoms with Crippen LogP contribution in [0.5, 0.6) is 5.75 Å². The number of ether oxygens (including phenoxy) is 1. The van der Waals surface area contributed by atoms with E-state index in [1.807, 2.05) is 71.1 Å². The van der Waals surface area contributed by atoms with Crippen LogP contribution in [0, 0.1) is 0 Å². The minimum Gasteiger partial charge on any atom is -0.490 e. The highest BCUT2D eigenvalue weighted by Gasteiger charge is 2.26. The molecule has 1 aliphatic heterocycles. The van der Waals surface area contributed by atoms with Crippen molar-refractivity contribution in [2.75, 3.05) is 13.1 Å². The van der Waals surface area contributed by atoms with E-state index in [2.05, 4.69) is 0 Å². The Hall–Kier alpha value is -2.46. The summed E-state index contributed by atoms with van der Waals surface area (Å²) in [5, 5.41) is 1.80. The fourth-order valence-electron chi connectivity index (χ4n) is 3.54. The van der Waals surface area contributed by atoms with E-state index >= 15 is 0 Å². The summed E-state index contributed by atoms with van der Waals surface area (Å²) < 4.78 is 7.99. The standard InChI is InChI=1S/C21H21ClN2O2/c1-23-19-5-3-2-4-15(19)14-20(23)21(25)24-12-10-18(11-13-24)26-17-8-6-16(22)7-9-17/h2-9,14,18H,10-13H2,1H3. The predicted molar refractivity (Wildman–Crippen MR) is 104 cm³/mol. The second-order valence-corrected chi connectivity index (χ2v) is 7.15. The predicted octanol–water partition coefficient (Wildman–Crippen LogP) is 4.52. The number of hydrogen-bond acceptors (Lipinski definition) is 2. The van der Waals surface area contributed by atoms with Crippen molar-refractivity contribution in [2.45, 2.75) is 18.9 Å². The van der Waals surface area contributed by atoms with Crippen molar-refractivity contribution in [3.8, 4) is 5.75 Å². The molecule has 0 N–H and O–H groups in total. The lowest BCUT2D eigenvalue weighted by Crippen LogP contribution is -2.42. The minimum absolute atomic E-state index is 0.0913. The first kappa shape index (κ1) is 17.0. The summed E-state index contributed by atoms with van der Waals surface area (Å²) in [6, 6.07) is 17.5. The number of likely N-dealkylation sites (tertiary alicyclic amines) is 1. The number of aryl methyl sites for hydroxylation is 1. The maximum absolute atomic E-state index is 12.9. The molecule has 2 heterocycles. The van der Waals surface area contributed by atoms with Crippen molar-refractivity contribution < 1.29 is 9.53 Å². The summed E-state index contributed by atoms with van der Waals surface area (Å²) in [5.74, 6) is 0.918. The monoisotopic (exact) mass is 368 g/mol. The Morgan fingerprint density at radius 3 is 2.46 bits per heavy atom. The van der Waals surface area contributed by atoms with Gasteiger partial charge in [0.15, 0.2) is 0 Å². The molecule has 26 heavy (non-hydrogen) atoms. The number of benzene rings is 2. The van der Waals surface area contributed by atoms with E-state index in [0.717, 1.165) is 35.2 Å². The second-order valence-electron chi connectivity index (χ2n) is 6.71. The molecule has 0 saturated carbocycles. The molecule has 0 aliphatic carbocycles. The number of piperidine rings is 1. The zero-order chi connectivity index (χ0) is 18.1. The van der Waals surface area contributed by atoms with Crippen molar-refractivity contribution in [3.63, 3.8) is 0 Å². The average Bonchev–Trinajstić information content (AvgIpc) is 3.01. The number of rotatable bonds is 3. The maximum Gasteiger partial charge on any atom is 0.270 e. The van der Waals surface area contributed by atoms with Crippen LogP contribution in [0.25, 0.3) is 10.9 Å². The fourth-order valence-corrected chi connectivity index (χ4v) is 3.66. The number of aromatic nitrogens is 1. The maximum atomic E-state index is 12.9. The van der Waals surface area contributed by atoms with Crippen molar-refractivity contribution >= 4 is 28.4 Å². The molecule has 1 amide bonds. The van der Waals surface area contributed by atoms with Gasteiger partial charge in [-0.05, 0) is 36.4 Å². The van der Waals surface area contributed by atoms with Crippen molar-refractivity contribution in [1.29, 1.82) is 0 Å². The number of hydrogen-bond donors (Lipinski definition) is 0. The normalized spacial score (nSPS) is 15.4. The molecule has 0 radical (unpaired) electrons. The summed E-state index contributed by atoms with van der Waals surface area (Å²) in [4.78, 5) is 14.9. The van der Waals surface area contributed by atoms with E-state index in [1.165, 1.54) is 0 Å².